The summed E-state index contributed by atoms with van der Waals surface area (Å²) in [4.78, 5) is 18.4. The Morgan fingerprint density at radius 3 is 3.12 bits per heavy atom. The van der Waals surface area contributed by atoms with E-state index in [1.807, 2.05) is 0 Å². The van der Waals surface area contributed by atoms with Gasteiger partial charge in [0.1, 0.15) is 0 Å². The third-order valence-electron chi connectivity index (χ3n) is 2.97. The van der Waals surface area contributed by atoms with E-state index in [-0.39, 0.29) is 5.01 Å². The van der Waals surface area contributed by atoms with E-state index >= 15 is 0 Å². The highest BCUT2D eigenvalue weighted by Gasteiger charge is 2.25. The fourth-order valence-corrected chi connectivity index (χ4v) is 3.00. The van der Waals surface area contributed by atoms with Crippen molar-refractivity contribution in [3.8, 4) is 0 Å². The number of rotatable bonds is 4. The Kier molecular flexibility index (Phi) is 3.76. The van der Waals surface area contributed by atoms with Crippen molar-refractivity contribution in [2.24, 2.45) is 0 Å². The van der Waals surface area contributed by atoms with Gasteiger partial charge in [0.15, 0.2) is 0 Å². The summed E-state index contributed by atoms with van der Waals surface area (Å²) in [5, 5.41) is 9.11. The number of aromatic nitrogens is 1. The lowest BCUT2D eigenvalue weighted by atomic mass is 10.1. The first kappa shape index (κ1) is 12.5. The maximum Gasteiger partial charge on any atom is 0.365 e. The zero-order valence-electron chi connectivity index (χ0n) is 9.97. The van der Waals surface area contributed by atoms with Gasteiger partial charge in [0.05, 0.1) is 12.3 Å². The summed E-state index contributed by atoms with van der Waals surface area (Å²) in [7, 11) is 1.70. The Hall–Kier alpha value is -0.980. The molecule has 0 saturated carbocycles. The van der Waals surface area contributed by atoms with Gasteiger partial charge in [-0.25, -0.2) is 9.78 Å². The molecule has 0 aliphatic carbocycles. The topological polar surface area (TPSA) is 62.7 Å². The zero-order valence-corrected chi connectivity index (χ0v) is 10.8. The van der Waals surface area contributed by atoms with Crippen LogP contribution in [-0.2, 0) is 17.7 Å². The largest absolute Gasteiger partial charge is 0.476 e. The van der Waals surface area contributed by atoms with Crippen molar-refractivity contribution in [1.29, 1.82) is 0 Å². The molecule has 0 fully saturated rings. The predicted molar refractivity (Wildman–Crippen MR) is 64.5 cm³/mol. The van der Waals surface area contributed by atoms with Crippen LogP contribution in [0.1, 0.15) is 27.3 Å². The van der Waals surface area contributed by atoms with Gasteiger partial charge in [-0.05, 0) is 6.92 Å². The van der Waals surface area contributed by atoms with Gasteiger partial charge in [-0.2, -0.15) is 0 Å². The van der Waals surface area contributed by atoms with Crippen LogP contribution >= 0.6 is 11.3 Å². The smallest absolute Gasteiger partial charge is 0.365 e. The highest BCUT2D eigenvalue weighted by Crippen LogP contribution is 2.26. The Bertz CT molecular complexity index is 419. The fraction of sp³-hybridized carbons (Fsp3) is 0.636. The first-order valence-corrected chi connectivity index (χ1v) is 6.38. The molecule has 2 heterocycles. The Morgan fingerprint density at radius 1 is 1.71 bits per heavy atom. The minimum atomic E-state index is -0.930. The molecule has 94 valence electrons. The minimum absolute atomic E-state index is 0.205. The average Bonchev–Trinajstić information content (AvgIpc) is 2.71. The maximum atomic E-state index is 10.9. The van der Waals surface area contributed by atoms with Gasteiger partial charge in [0.2, 0.25) is 5.01 Å². The van der Waals surface area contributed by atoms with E-state index in [9.17, 15) is 4.79 Å². The molecule has 17 heavy (non-hydrogen) atoms. The number of ether oxygens (including phenoxy) is 1. The molecule has 1 atom stereocenters. The monoisotopic (exact) mass is 256 g/mol. The van der Waals surface area contributed by atoms with Gasteiger partial charge in [-0.3, -0.25) is 4.90 Å². The van der Waals surface area contributed by atoms with E-state index in [2.05, 4.69) is 16.8 Å². The molecule has 1 aliphatic rings. The molecular formula is C11H16N2O3S. The molecule has 0 aromatic carbocycles. The van der Waals surface area contributed by atoms with Crippen LogP contribution in [0.5, 0.6) is 0 Å². The Morgan fingerprint density at radius 2 is 2.47 bits per heavy atom. The van der Waals surface area contributed by atoms with Crippen molar-refractivity contribution in [2.45, 2.75) is 25.9 Å². The van der Waals surface area contributed by atoms with Crippen molar-refractivity contribution in [3.05, 3.63) is 15.6 Å². The van der Waals surface area contributed by atoms with Gasteiger partial charge in [0.25, 0.3) is 0 Å². The highest BCUT2D eigenvalue weighted by molar-refractivity contribution is 7.13. The number of carboxylic acid groups (broad SMARTS) is 1. The van der Waals surface area contributed by atoms with Crippen molar-refractivity contribution in [2.75, 3.05) is 20.3 Å². The van der Waals surface area contributed by atoms with Crippen molar-refractivity contribution in [3.63, 3.8) is 0 Å². The van der Waals surface area contributed by atoms with Crippen LogP contribution in [-0.4, -0.2) is 47.3 Å². The normalized spacial score (nSPS) is 17.8. The summed E-state index contributed by atoms with van der Waals surface area (Å²) in [5.41, 5.74) is 0.952. The molecule has 6 heteroatoms. The van der Waals surface area contributed by atoms with Crippen LogP contribution in [0, 0.1) is 0 Å². The standard InChI is InChI=1S/C11H16N2O3S/c1-7(6-16-2)13-4-3-8-9(5-13)17-10(12-8)11(14)15/h7H,3-6H2,1-2H3,(H,14,15). The zero-order chi connectivity index (χ0) is 12.4. The minimum Gasteiger partial charge on any atom is -0.476 e. The first-order chi connectivity index (χ1) is 8.11. The van der Waals surface area contributed by atoms with Crippen LogP contribution in [0.15, 0.2) is 0 Å². The molecule has 0 radical (unpaired) electrons. The van der Waals surface area contributed by atoms with Crippen LogP contribution in [0.3, 0.4) is 0 Å². The number of hydrogen-bond acceptors (Lipinski definition) is 5. The van der Waals surface area contributed by atoms with Crippen molar-refractivity contribution < 1.29 is 14.6 Å². The molecule has 1 aromatic rings. The van der Waals surface area contributed by atoms with Crippen LogP contribution in [0.2, 0.25) is 0 Å². The van der Waals surface area contributed by atoms with Crippen molar-refractivity contribution >= 4 is 17.3 Å². The summed E-state index contributed by atoms with van der Waals surface area (Å²) in [6.45, 7) is 4.51. The molecule has 1 aromatic heterocycles. The van der Waals surface area contributed by atoms with Crippen LogP contribution in [0.4, 0.5) is 0 Å². The second-order valence-electron chi connectivity index (χ2n) is 4.22. The maximum absolute atomic E-state index is 10.9. The molecule has 2 rings (SSSR count). The average molecular weight is 256 g/mol. The summed E-state index contributed by atoms with van der Waals surface area (Å²) < 4.78 is 5.14. The summed E-state index contributed by atoms with van der Waals surface area (Å²) in [5.74, 6) is -0.930. The molecule has 0 bridgehead atoms. The Balaban J connectivity index is 2.10. The lowest BCUT2D eigenvalue weighted by Crippen LogP contribution is -2.39. The second kappa shape index (κ2) is 5.12. The Labute approximate surface area is 104 Å². The number of carboxylic acids is 1. The summed E-state index contributed by atoms with van der Waals surface area (Å²) in [6.07, 6.45) is 0.827. The number of thiazole rings is 1. The van der Waals surface area contributed by atoms with E-state index in [0.717, 1.165) is 30.1 Å². The third-order valence-corrected chi connectivity index (χ3v) is 4.05. The predicted octanol–water partition coefficient (Wildman–Crippen LogP) is 1.23. The number of carbonyl (C=O) groups is 1. The first-order valence-electron chi connectivity index (χ1n) is 5.56. The summed E-state index contributed by atoms with van der Waals surface area (Å²) >= 11 is 1.29. The van der Waals surface area contributed by atoms with E-state index in [4.69, 9.17) is 9.84 Å². The number of methoxy groups -OCH3 is 1. The van der Waals surface area contributed by atoms with Gasteiger partial charge in [-0.1, -0.05) is 0 Å². The molecule has 1 aliphatic heterocycles. The third kappa shape index (κ3) is 2.65. The number of nitrogens with zero attached hydrogens (tertiary/aromatic N) is 2. The molecule has 0 saturated heterocycles. The SMILES string of the molecule is COCC(C)N1CCc2nc(C(=O)O)sc2C1. The van der Waals surface area contributed by atoms with E-state index in [1.54, 1.807) is 7.11 Å². The quantitative estimate of drug-likeness (QED) is 0.878. The van der Waals surface area contributed by atoms with Gasteiger partial charge in [-0.15, -0.1) is 11.3 Å². The van der Waals surface area contributed by atoms with Crippen LogP contribution in [0.25, 0.3) is 0 Å². The van der Waals surface area contributed by atoms with Gasteiger partial charge < -0.3 is 9.84 Å². The number of hydrogen-bond donors (Lipinski definition) is 1. The molecule has 1 unspecified atom stereocenters. The van der Waals surface area contributed by atoms with E-state index in [0.29, 0.717) is 12.6 Å². The van der Waals surface area contributed by atoms with E-state index < -0.39 is 5.97 Å². The second-order valence-corrected chi connectivity index (χ2v) is 5.30. The molecule has 0 amide bonds. The van der Waals surface area contributed by atoms with Crippen LogP contribution < -0.4 is 0 Å². The number of aromatic carboxylic acids is 1. The molecule has 1 N–H and O–H groups in total. The lowest BCUT2D eigenvalue weighted by Gasteiger charge is -2.31. The van der Waals surface area contributed by atoms with E-state index in [1.165, 1.54) is 11.3 Å². The number of fused-ring (bicyclic) bond motifs is 1. The van der Waals surface area contributed by atoms with Gasteiger partial charge >= 0.3 is 5.97 Å². The van der Waals surface area contributed by atoms with Gasteiger partial charge in [0, 0.05) is 37.5 Å². The fourth-order valence-electron chi connectivity index (χ4n) is 2.03. The lowest BCUT2D eigenvalue weighted by molar-refractivity contribution is 0.0696. The molecular weight excluding hydrogens is 240 g/mol. The molecule has 0 spiro atoms. The summed E-state index contributed by atoms with van der Waals surface area (Å²) in [6, 6.07) is 0.350. The molecule has 5 nitrogen and oxygen atoms in total. The highest BCUT2D eigenvalue weighted by atomic mass is 32.1. The van der Waals surface area contributed by atoms with Crippen molar-refractivity contribution in [1.82, 2.24) is 9.88 Å².